The van der Waals surface area contributed by atoms with Gasteiger partial charge in [-0.15, -0.1) is 0 Å². The third-order valence-corrected chi connectivity index (χ3v) is 4.60. The van der Waals surface area contributed by atoms with Crippen molar-refractivity contribution >= 4 is 17.5 Å². The zero-order valence-electron chi connectivity index (χ0n) is 17.5. The Labute approximate surface area is 173 Å². The summed E-state index contributed by atoms with van der Waals surface area (Å²) in [6.45, 7) is 10.3. The molecule has 0 saturated carbocycles. The molecule has 0 aliphatic heterocycles. The van der Waals surface area contributed by atoms with Gasteiger partial charge in [-0.1, -0.05) is 20.8 Å². The topological polar surface area (TPSA) is 70.7 Å². The van der Waals surface area contributed by atoms with Crippen molar-refractivity contribution in [2.45, 2.75) is 27.2 Å². The summed E-state index contributed by atoms with van der Waals surface area (Å²) in [7, 11) is 0. The van der Waals surface area contributed by atoms with Gasteiger partial charge in [-0.3, -0.25) is 9.59 Å². The molecule has 2 rings (SSSR count). The Morgan fingerprint density at radius 3 is 2.03 bits per heavy atom. The van der Waals surface area contributed by atoms with Gasteiger partial charge in [-0.25, -0.2) is 0 Å². The van der Waals surface area contributed by atoms with Crippen molar-refractivity contribution in [3.8, 4) is 5.75 Å². The smallest absolute Gasteiger partial charge is 0.255 e. The van der Waals surface area contributed by atoms with Gasteiger partial charge >= 0.3 is 0 Å². The summed E-state index contributed by atoms with van der Waals surface area (Å²) in [6.07, 6.45) is 0.937. The number of carbonyl (C=O) groups is 2. The molecule has 6 heteroatoms. The molecule has 0 fully saturated rings. The molecule has 0 aliphatic rings. The summed E-state index contributed by atoms with van der Waals surface area (Å²) in [6, 6.07) is 13.9. The molecule has 2 aromatic rings. The lowest BCUT2D eigenvalue weighted by Crippen LogP contribution is -2.34. The molecule has 0 saturated heterocycles. The molecule has 0 heterocycles. The Kier molecular flexibility index (Phi) is 9.18. The highest BCUT2D eigenvalue weighted by Gasteiger charge is 2.09. The van der Waals surface area contributed by atoms with E-state index in [0.717, 1.165) is 31.8 Å². The van der Waals surface area contributed by atoms with Crippen LogP contribution in [0.3, 0.4) is 0 Å². The second-order valence-electron chi connectivity index (χ2n) is 6.69. The monoisotopic (exact) mass is 397 g/mol. The van der Waals surface area contributed by atoms with Crippen molar-refractivity contribution < 1.29 is 14.3 Å². The molecule has 0 unspecified atom stereocenters. The van der Waals surface area contributed by atoms with Crippen molar-refractivity contribution in [3.63, 3.8) is 0 Å². The maximum Gasteiger partial charge on any atom is 0.255 e. The van der Waals surface area contributed by atoms with Crippen molar-refractivity contribution in [3.05, 3.63) is 59.7 Å². The van der Waals surface area contributed by atoms with E-state index in [-0.39, 0.29) is 11.8 Å². The van der Waals surface area contributed by atoms with Gasteiger partial charge in [-0.2, -0.15) is 0 Å². The SMILES string of the molecule is CCCOc1ccc(C(=O)Nc2ccc(C(=O)NCCN(CC)CC)cc2)cc1. The van der Waals surface area contributed by atoms with E-state index in [1.165, 1.54) is 0 Å². The second-order valence-corrected chi connectivity index (χ2v) is 6.69. The first-order chi connectivity index (χ1) is 14.1. The number of nitrogens with one attached hydrogen (secondary N) is 2. The average molecular weight is 398 g/mol. The zero-order valence-corrected chi connectivity index (χ0v) is 17.5. The molecule has 0 radical (unpaired) electrons. The van der Waals surface area contributed by atoms with E-state index in [0.29, 0.717) is 30.0 Å². The predicted octanol–water partition coefficient (Wildman–Crippen LogP) is 3.80. The second kappa shape index (κ2) is 11.9. The minimum absolute atomic E-state index is 0.113. The van der Waals surface area contributed by atoms with E-state index in [1.54, 1.807) is 48.5 Å². The predicted molar refractivity (Wildman–Crippen MR) is 117 cm³/mol. The molecule has 0 aromatic heterocycles. The van der Waals surface area contributed by atoms with Gasteiger partial charge in [0.25, 0.3) is 11.8 Å². The van der Waals surface area contributed by atoms with E-state index in [2.05, 4.69) is 29.4 Å². The highest BCUT2D eigenvalue weighted by Crippen LogP contribution is 2.15. The Balaban J connectivity index is 1.86. The van der Waals surface area contributed by atoms with Crippen molar-refractivity contribution in [1.29, 1.82) is 0 Å². The Hall–Kier alpha value is -2.86. The molecule has 0 spiro atoms. The summed E-state index contributed by atoms with van der Waals surface area (Å²) in [5, 5.41) is 5.77. The van der Waals surface area contributed by atoms with Crippen LogP contribution in [-0.4, -0.2) is 49.5 Å². The van der Waals surface area contributed by atoms with Crippen LogP contribution in [0.15, 0.2) is 48.5 Å². The number of carbonyl (C=O) groups excluding carboxylic acids is 2. The summed E-state index contributed by atoms with van der Waals surface area (Å²) in [4.78, 5) is 26.9. The molecule has 2 N–H and O–H groups in total. The van der Waals surface area contributed by atoms with Crippen LogP contribution in [0.1, 0.15) is 47.9 Å². The van der Waals surface area contributed by atoms with Gasteiger partial charge in [0.05, 0.1) is 6.61 Å². The van der Waals surface area contributed by atoms with E-state index in [4.69, 9.17) is 4.74 Å². The lowest BCUT2D eigenvalue weighted by molar-refractivity contribution is 0.0948. The highest BCUT2D eigenvalue weighted by molar-refractivity contribution is 6.04. The summed E-state index contributed by atoms with van der Waals surface area (Å²) in [5.41, 5.74) is 1.76. The van der Waals surface area contributed by atoms with Crippen LogP contribution in [0.5, 0.6) is 5.75 Å². The largest absolute Gasteiger partial charge is 0.494 e. The minimum Gasteiger partial charge on any atom is -0.494 e. The van der Waals surface area contributed by atoms with Crippen LogP contribution in [-0.2, 0) is 0 Å². The fraction of sp³-hybridized carbons (Fsp3) is 0.391. The summed E-state index contributed by atoms with van der Waals surface area (Å²) < 4.78 is 5.53. The van der Waals surface area contributed by atoms with Gasteiger partial charge in [0.2, 0.25) is 0 Å². The standard InChI is InChI=1S/C23H31N3O3/c1-4-17-29-21-13-9-19(10-14-21)23(28)25-20-11-7-18(8-12-20)22(27)24-15-16-26(5-2)6-3/h7-14H,4-6,15-17H2,1-3H3,(H,24,27)(H,25,28). The number of rotatable bonds is 11. The molecule has 0 atom stereocenters. The van der Waals surface area contributed by atoms with Crippen LogP contribution in [0.4, 0.5) is 5.69 Å². The molecule has 29 heavy (non-hydrogen) atoms. The average Bonchev–Trinajstić information content (AvgIpc) is 2.76. The third-order valence-electron chi connectivity index (χ3n) is 4.60. The molecule has 2 aromatic carbocycles. The molecule has 6 nitrogen and oxygen atoms in total. The van der Waals surface area contributed by atoms with Crippen LogP contribution in [0, 0.1) is 0 Å². The Morgan fingerprint density at radius 1 is 0.862 bits per heavy atom. The maximum absolute atomic E-state index is 12.4. The first-order valence-electron chi connectivity index (χ1n) is 10.2. The van der Waals surface area contributed by atoms with Crippen LogP contribution < -0.4 is 15.4 Å². The Morgan fingerprint density at radius 2 is 1.45 bits per heavy atom. The van der Waals surface area contributed by atoms with Gasteiger partial charge in [0, 0.05) is 29.9 Å². The fourth-order valence-electron chi connectivity index (χ4n) is 2.80. The van der Waals surface area contributed by atoms with Crippen LogP contribution >= 0.6 is 0 Å². The number of ether oxygens (including phenoxy) is 1. The first kappa shape index (κ1) is 22.4. The van der Waals surface area contributed by atoms with Crippen LogP contribution in [0.2, 0.25) is 0 Å². The van der Waals surface area contributed by atoms with E-state index in [9.17, 15) is 9.59 Å². The van der Waals surface area contributed by atoms with Crippen molar-refractivity contribution in [2.75, 3.05) is 38.1 Å². The number of benzene rings is 2. The number of amides is 2. The lowest BCUT2D eigenvalue weighted by Gasteiger charge is -2.18. The van der Waals surface area contributed by atoms with Crippen molar-refractivity contribution in [2.24, 2.45) is 0 Å². The fourth-order valence-corrected chi connectivity index (χ4v) is 2.80. The number of anilines is 1. The third kappa shape index (κ3) is 7.23. The molecule has 0 bridgehead atoms. The van der Waals surface area contributed by atoms with Crippen molar-refractivity contribution in [1.82, 2.24) is 10.2 Å². The lowest BCUT2D eigenvalue weighted by atomic mass is 10.1. The van der Waals surface area contributed by atoms with Gasteiger partial charge in [0.1, 0.15) is 5.75 Å². The molecule has 2 amide bonds. The molecular formula is C23H31N3O3. The molecule has 156 valence electrons. The molecular weight excluding hydrogens is 366 g/mol. The number of likely N-dealkylation sites (N-methyl/N-ethyl adjacent to an activating group) is 1. The Bertz CT molecular complexity index is 769. The molecule has 0 aliphatic carbocycles. The van der Waals surface area contributed by atoms with E-state index in [1.807, 2.05) is 6.92 Å². The number of hydrogen-bond acceptors (Lipinski definition) is 4. The van der Waals surface area contributed by atoms with E-state index < -0.39 is 0 Å². The highest BCUT2D eigenvalue weighted by atomic mass is 16.5. The summed E-state index contributed by atoms with van der Waals surface area (Å²) >= 11 is 0. The van der Waals surface area contributed by atoms with Gasteiger partial charge in [-0.05, 0) is 68.0 Å². The number of nitrogens with zero attached hydrogens (tertiary/aromatic N) is 1. The first-order valence-corrected chi connectivity index (χ1v) is 10.2. The van der Waals surface area contributed by atoms with E-state index >= 15 is 0 Å². The van der Waals surface area contributed by atoms with Gasteiger partial charge < -0.3 is 20.3 Å². The zero-order chi connectivity index (χ0) is 21.1. The van der Waals surface area contributed by atoms with Gasteiger partial charge in [0.15, 0.2) is 0 Å². The maximum atomic E-state index is 12.4. The normalized spacial score (nSPS) is 10.6. The quantitative estimate of drug-likeness (QED) is 0.605. The van der Waals surface area contributed by atoms with Crippen LogP contribution in [0.25, 0.3) is 0 Å². The minimum atomic E-state index is -0.205. The number of hydrogen-bond donors (Lipinski definition) is 2. The summed E-state index contributed by atoms with van der Waals surface area (Å²) in [5.74, 6) is 0.431.